The summed E-state index contributed by atoms with van der Waals surface area (Å²) in [7, 11) is 1.63. The van der Waals surface area contributed by atoms with Crippen molar-refractivity contribution in [1.29, 1.82) is 0 Å². The van der Waals surface area contributed by atoms with Crippen molar-refractivity contribution in [3.63, 3.8) is 0 Å². The van der Waals surface area contributed by atoms with Crippen molar-refractivity contribution < 1.29 is 4.74 Å². The SMILES string of the molecule is Br.COc1ncnc2c1NC1=C(S2)C(=NC(C)C)CC(C)(C)C1. The number of aromatic nitrogens is 2. The Morgan fingerprint density at radius 2 is 2.04 bits per heavy atom. The molecule has 0 aromatic carbocycles. The number of nitrogens with zero attached hydrogens (tertiary/aromatic N) is 3. The Morgan fingerprint density at radius 1 is 1.30 bits per heavy atom. The molecular weight excluding hydrogens is 376 g/mol. The van der Waals surface area contributed by atoms with E-state index in [1.165, 1.54) is 16.3 Å². The van der Waals surface area contributed by atoms with Gasteiger partial charge < -0.3 is 10.1 Å². The Labute approximate surface area is 152 Å². The van der Waals surface area contributed by atoms with E-state index in [9.17, 15) is 0 Å². The fourth-order valence-electron chi connectivity index (χ4n) is 2.91. The van der Waals surface area contributed by atoms with Crippen molar-refractivity contribution in [3.8, 4) is 5.88 Å². The topological polar surface area (TPSA) is 59.4 Å². The number of methoxy groups -OCH3 is 1. The van der Waals surface area contributed by atoms with Gasteiger partial charge in [0.1, 0.15) is 17.0 Å². The van der Waals surface area contributed by atoms with E-state index in [1.807, 2.05) is 0 Å². The Hall–Kier alpha value is -1.08. The number of halogens is 1. The Morgan fingerprint density at radius 3 is 2.70 bits per heavy atom. The highest BCUT2D eigenvalue weighted by atomic mass is 79.9. The maximum Gasteiger partial charge on any atom is 0.241 e. The van der Waals surface area contributed by atoms with Gasteiger partial charge in [0.05, 0.1) is 17.7 Å². The molecule has 1 aliphatic heterocycles. The molecule has 1 aromatic rings. The summed E-state index contributed by atoms with van der Waals surface area (Å²) < 4.78 is 5.36. The van der Waals surface area contributed by atoms with E-state index >= 15 is 0 Å². The van der Waals surface area contributed by atoms with Crippen molar-refractivity contribution in [1.82, 2.24) is 9.97 Å². The fourth-order valence-corrected chi connectivity index (χ4v) is 3.93. The minimum absolute atomic E-state index is 0. The van der Waals surface area contributed by atoms with Crippen LogP contribution in [0.5, 0.6) is 5.88 Å². The zero-order valence-corrected chi connectivity index (χ0v) is 16.7. The van der Waals surface area contributed by atoms with Crippen LogP contribution >= 0.6 is 28.7 Å². The average Bonchev–Trinajstić information content (AvgIpc) is 2.43. The first-order chi connectivity index (χ1) is 10.4. The van der Waals surface area contributed by atoms with Crippen LogP contribution < -0.4 is 10.1 Å². The molecular formula is C16H23BrN4OS. The van der Waals surface area contributed by atoms with E-state index in [1.54, 1.807) is 25.2 Å². The highest BCUT2D eigenvalue weighted by molar-refractivity contribution is 8.93. The largest absolute Gasteiger partial charge is 0.479 e. The molecule has 126 valence electrons. The van der Waals surface area contributed by atoms with Crippen molar-refractivity contribution >= 4 is 40.1 Å². The van der Waals surface area contributed by atoms with Gasteiger partial charge in [0.2, 0.25) is 5.88 Å². The van der Waals surface area contributed by atoms with Gasteiger partial charge >= 0.3 is 0 Å². The van der Waals surface area contributed by atoms with Crippen molar-refractivity contribution in [2.75, 3.05) is 12.4 Å². The van der Waals surface area contributed by atoms with E-state index < -0.39 is 0 Å². The third-order valence-corrected chi connectivity index (χ3v) is 4.89. The summed E-state index contributed by atoms with van der Waals surface area (Å²) in [6.45, 7) is 8.81. The molecule has 1 aliphatic carbocycles. The molecule has 0 amide bonds. The van der Waals surface area contributed by atoms with Gasteiger partial charge in [-0.1, -0.05) is 25.6 Å². The van der Waals surface area contributed by atoms with E-state index in [0.717, 1.165) is 23.6 Å². The van der Waals surface area contributed by atoms with Gasteiger partial charge in [0.15, 0.2) is 0 Å². The lowest BCUT2D eigenvalue weighted by Gasteiger charge is -2.37. The first-order valence-electron chi connectivity index (χ1n) is 7.53. The van der Waals surface area contributed by atoms with Crippen LogP contribution in [0.25, 0.3) is 0 Å². The number of rotatable bonds is 2. The zero-order valence-electron chi connectivity index (χ0n) is 14.1. The van der Waals surface area contributed by atoms with Gasteiger partial charge in [-0.2, -0.15) is 4.98 Å². The second-order valence-electron chi connectivity index (χ2n) is 6.79. The van der Waals surface area contributed by atoms with Crippen LogP contribution in [0.15, 0.2) is 26.9 Å². The van der Waals surface area contributed by atoms with Crippen LogP contribution in [-0.2, 0) is 0 Å². The quantitative estimate of drug-likeness (QED) is 0.744. The van der Waals surface area contributed by atoms with Gasteiger partial charge in [0.25, 0.3) is 0 Å². The Kier molecular flexibility index (Phi) is 5.41. The summed E-state index contributed by atoms with van der Waals surface area (Å²) in [5.41, 5.74) is 3.46. The number of anilines is 1. The lowest BCUT2D eigenvalue weighted by atomic mass is 9.78. The normalized spacial score (nSPS) is 20.5. The molecule has 7 heteroatoms. The summed E-state index contributed by atoms with van der Waals surface area (Å²) in [6.07, 6.45) is 3.53. The molecule has 23 heavy (non-hydrogen) atoms. The van der Waals surface area contributed by atoms with E-state index in [0.29, 0.717) is 11.9 Å². The molecule has 0 atom stereocenters. The zero-order chi connectivity index (χ0) is 15.9. The molecule has 0 radical (unpaired) electrons. The molecule has 0 bridgehead atoms. The number of fused-ring (bicyclic) bond motifs is 1. The third-order valence-electron chi connectivity index (χ3n) is 3.70. The average molecular weight is 399 g/mol. The second kappa shape index (κ2) is 6.81. The number of thioether (sulfide) groups is 1. The van der Waals surface area contributed by atoms with Gasteiger partial charge in [-0.25, -0.2) is 4.98 Å². The van der Waals surface area contributed by atoms with Gasteiger partial charge in [-0.15, -0.1) is 17.0 Å². The number of nitrogens with one attached hydrogen (secondary N) is 1. The van der Waals surface area contributed by atoms with Crippen LogP contribution in [0.4, 0.5) is 5.69 Å². The highest BCUT2D eigenvalue weighted by Crippen LogP contribution is 2.49. The number of hydrogen-bond donors (Lipinski definition) is 1. The first-order valence-corrected chi connectivity index (χ1v) is 8.35. The van der Waals surface area contributed by atoms with Crippen LogP contribution in [0.2, 0.25) is 0 Å². The molecule has 1 aromatic heterocycles. The second-order valence-corrected chi connectivity index (χ2v) is 7.78. The lowest BCUT2D eigenvalue weighted by Crippen LogP contribution is -2.30. The van der Waals surface area contributed by atoms with Crippen LogP contribution in [-0.4, -0.2) is 28.8 Å². The van der Waals surface area contributed by atoms with Crippen LogP contribution in [0.3, 0.4) is 0 Å². The maximum atomic E-state index is 5.36. The maximum absolute atomic E-state index is 5.36. The van der Waals surface area contributed by atoms with E-state index in [-0.39, 0.29) is 22.4 Å². The summed E-state index contributed by atoms with van der Waals surface area (Å²) in [4.78, 5) is 14.7. The monoisotopic (exact) mass is 398 g/mol. The molecule has 2 heterocycles. The highest BCUT2D eigenvalue weighted by Gasteiger charge is 2.36. The number of aliphatic imine (C=N–C) groups is 1. The van der Waals surface area contributed by atoms with Gasteiger partial charge in [-0.3, -0.25) is 4.99 Å². The molecule has 5 nitrogen and oxygen atoms in total. The summed E-state index contributed by atoms with van der Waals surface area (Å²) in [6, 6.07) is 0.291. The minimum atomic E-state index is 0. The van der Waals surface area contributed by atoms with Crippen LogP contribution in [0.1, 0.15) is 40.5 Å². The van der Waals surface area contributed by atoms with Gasteiger partial charge in [-0.05, 0) is 32.1 Å². The van der Waals surface area contributed by atoms with Gasteiger partial charge in [0, 0.05) is 11.7 Å². The van der Waals surface area contributed by atoms with Crippen molar-refractivity contribution in [3.05, 3.63) is 16.9 Å². The van der Waals surface area contributed by atoms with E-state index in [2.05, 4.69) is 43.0 Å². The predicted octanol–water partition coefficient (Wildman–Crippen LogP) is 4.46. The number of hydrogen-bond acceptors (Lipinski definition) is 6. The Balaban J connectivity index is 0.00000192. The number of allylic oxidation sites excluding steroid dienone is 2. The first kappa shape index (κ1) is 18.3. The number of ether oxygens (including phenoxy) is 1. The smallest absolute Gasteiger partial charge is 0.241 e. The Bertz CT molecular complexity index is 670. The molecule has 3 rings (SSSR count). The summed E-state index contributed by atoms with van der Waals surface area (Å²) >= 11 is 1.68. The molecule has 0 spiro atoms. The third kappa shape index (κ3) is 3.71. The molecule has 0 saturated carbocycles. The van der Waals surface area contributed by atoms with Crippen molar-refractivity contribution in [2.45, 2.75) is 51.6 Å². The van der Waals surface area contributed by atoms with Crippen molar-refractivity contribution in [2.24, 2.45) is 10.4 Å². The molecule has 0 fully saturated rings. The standard InChI is InChI=1S/C16H22N4OS.BrH/c1-9(2)19-10-6-16(3,4)7-11-13(10)22-15-12(20-11)14(21-5)17-8-18-15;/h8-9,20H,6-7H2,1-5H3;1H. The summed E-state index contributed by atoms with van der Waals surface area (Å²) in [5, 5.41) is 4.41. The molecule has 0 saturated heterocycles. The fraction of sp³-hybridized carbons (Fsp3) is 0.562. The molecule has 2 aliphatic rings. The van der Waals surface area contributed by atoms with Crippen LogP contribution in [0, 0.1) is 5.41 Å². The summed E-state index contributed by atoms with van der Waals surface area (Å²) in [5.74, 6) is 0.592. The van der Waals surface area contributed by atoms with E-state index in [4.69, 9.17) is 9.73 Å². The molecule has 0 unspecified atom stereocenters. The molecule has 1 N–H and O–H groups in total. The lowest BCUT2D eigenvalue weighted by molar-refractivity contribution is 0.371. The minimum Gasteiger partial charge on any atom is -0.479 e. The predicted molar refractivity (Wildman–Crippen MR) is 101 cm³/mol.